The first kappa shape index (κ1) is 15.6. The number of aromatic nitrogens is 3. The SMILES string of the molecule is CC(C)(C)c1c(N)nnn1-c1cc(Cl)cc(C(F)(F)F)c1. The zero-order chi connectivity index (χ0) is 16.0. The van der Waals surface area contributed by atoms with Gasteiger partial charge in [0.15, 0.2) is 5.82 Å². The second-order valence-corrected chi connectivity index (χ2v) is 6.12. The van der Waals surface area contributed by atoms with Gasteiger partial charge >= 0.3 is 6.18 Å². The number of alkyl halides is 3. The summed E-state index contributed by atoms with van der Waals surface area (Å²) in [4.78, 5) is 0. The molecule has 0 radical (unpaired) electrons. The van der Waals surface area contributed by atoms with Crippen LogP contribution in [0.5, 0.6) is 0 Å². The lowest BCUT2D eigenvalue weighted by atomic mass is 9.91. The van der Waals surface area contributed by atoms with Gasteiger partial charge in [-0.3, -0.25) is 0 Å². The number of rotatable bonds is 1. The Morgan fingerprint density at radius 3 is 2.29 bits per heavy atom. The molecule has 0 aliphatic carbocycles. The van der Waals surface area contributed by atoms with Crippen LogP contribution >= 0.6 is 11.6 Å². The molecule has 0 unspecified atom stereocenters. The lowest BCUT2D eigenvalue weighted by Gasteiger charge is -2.20. The van der Waals surface area contributed by atoms with Gasteiger partial charge in [-0.2, -0.15) is 13.2 Å². The van der Waals surface area contributed by atoms with Crippen LogP contribution in [0.15, 0.2) is 18.2 Å². The maximum atomic E-state index is 12.9. The van der Waals surface area contributed by atoms with Gasteiger partial charge < -0.3 is 5.73 Å². The topological polar surface area (TPSA) is 56.7 Å². The van der Waals surface area contributed by atoms with E-state index < -0.39 is 17.2 Å². The van der Waals surface area contributed by atoms with Crippen LogP contribution in [0, 0.1) is 0 Å². The number of halogens is 4. The second-order valence-electron chi connectivity index (χ2n) is 5.68. The van der Waals surface area contributed by atoms with E-state index in [1.165, 1.54) is 10.7 Å². The van der Waals surface area contributed by atoms with Crippen LogP contribution in [0.3, 0.4) is 0 Å². The number of anilines is 1. The van der Waals surface area contributed by atoms with Crippen molar-refractivity contribution in [3.05, 3.63) is 34.5 Å². The summed E-state index contributed by atoms with van der Waals surface area (Å²) in [7, 11) is 0. The Hall–Kier alpha value is -1.76. The standard InChI is InChI=1S/C13H14ClF3N4/c1-12(2,3)10-11(18)19-20-21(10)9-5-7(13(15,16)17)4-8(14)6-9/h4-6H,18H2,1-3H3. The zero-order valence-corrected chi connectivity index (χ0v) is 12.4. The van der Waals surface area contributed by atoms with Gasteiger partial charge in [0, 0.05) is 10.4 Å². The van der Waals surface area contributed by atoms with Crippen molar-refractivity contribution in [2.75, 3.05) is 5.73 Å². The molecular weight excluding hydrogens is 305 g/mol. The second kappa shape index (κ2) is 4.91. The van der Waals surface area contributed by atoms with Crippen LogP contribution in [-0.4, -0.2) is 15.0 Å². The molecule has 0 amide bonds. The molecule has 2 N–H and O–H groups in total. The van der Waals surface area contributed by atoms with Crippen molar-refractivity contribution in [1.29, 1.82) is 0 Å². The number of hydrogen-bond donors (Lipinski definition) is 1. The summed E-state index contributed by atoms with van der Waals surface area (Å²) in [6.45, 7) is 5.61. The van der Waals surface area contributed by atoms with Crippen molar-refractivity contribution < 1.29 is 13.2 Å². The monoisotopic (exact) mass is 318 g/mol. The van der Waals surface area contributed by atoms with E-state index in [2.05, 4.69) is 10.3 Å². The normalized spacial score (nSPS) is 12.7. The van der Waals surface area contributed by atoms with Crippen LogP contribution in [-0.2, 0) is 11.6 Å². The van der Waals surface area contributed by atoms with E-state index in [0.29, 0.717) is 5.69 Å². The average Bonchev–Trinajstić information content (AvgIpc) is 2.69. The van der Waals surface area contributed by atoms with E-state index in [-0.39, 0.29) is 16.5 Å². The third-order valence-corrected chi connectivity index (χ3v) is 3.08. The van der Waals surface area contributed by atoms with E-state index in [9.17, 15) is 13.2 Å². The van der Waals surface area contributed by atoms with Crippen molar-refractivity contribution in [3.8, 4) is 5.69 Å². The van der Waals surface area contributed by atoms with Gasteiger partial charge in [-0.15, -0.1) is 5.10 Å². The molecule has 114 valence electrons. The smallest absolute Gasteiger partial charge is 0.381 e. The first-order chi connectivity index (χ1) is 9.50. The highest BCUT2D eigenvalue weighted by Crippen LogP contribution is 2.34. The molecule has 0 spiro atoms. The predicted octanol–water partition coefficient (Wildman–Crippen LogP) is 3.82. The maximum absolute atomic E-state index is 12.9. The fraction of sp³-hybridized carbons (Fsp3) is 0.385. The summed E-state index contributed by atoms with van der Waals surface area (Å²) >= 11 is 5.79. The molecule has 1 heterocycles. The Labute approximate surface area is 124 Å². The molecule has 0 aliphatic heterocycles. The number of hydrogen-bond acceptors (Lipinski definition) is 3. The minimum atomic E-state index is -4.49. The van der Waals surface area contributed by atoms with Gasteiger partial charge in [0.25, 0.3) is 0 Å². The number of benzene rings is 1. The van der Waals surface area contributed by atoms with Gasteiger partial charge in [-0.1, -0.05) is 37.6 Å². The lowest BCUT2D eigenvalue weighted by Crippen LogP contribution is -2.19. The third kappa shape index (κ3) is 3.12. The Morgan fingerprint density at radius 2 is 1.76 bits per heavy atom. The molecule has 2 aromatic rings. The quantitative estimate of drug-likeness (QED) is 0.869. The summed E-state index contributed by atoms with van der Waals surface area (Å²) in [5.41, 5.74) is 5.19. The highest BCUT2D eigenvalue weighted by molar-refractivity contribution is 6.30. The van der Waals surface area contributed by atoms with Crippen LogP contribution in [0.1, 0.15) is 32.0 Å². The first-order valence-corrected chi connectivity index (χ1v) is 6.48. The van der Waals surface area contributed by atoms with Crippen molar-refractivity contribution in [1.82, 2.24) is 15.0 Å². The third-order valence-electron chi connectivity index (χ3n) is 2.86. The lowest BCUT2D eigenvalue weighted by molar-refractivity contribution is -0.137. The summed E-state index contributed by atoms with van der Waals surface area (Å²) in [6.07, 6.45) is -4.49. The molecule has 1 aromatic carbocycles. The number of nitrogens with zero attached hydrogens (tertiary/aromatic N) is 3. The highest BCUT2D eigenvalue weighted by atomic mass is 35.5. The number of nitrogens with two attached hydrogens (primary N) is 1. The minimum absolute atomic E-state index is 0.0336. The van der Waals surface area contributed by atoms with Crippen molar-refractivity contribution in [3.63, 3.8) is 0 Å². The van der Waals surface area contributed by atoms with Crippen molar-refractivity contribution in [2.24, 2.45) is 0 Å². The molecule has 1 aromatic heterocycles. The predicted molar refractivity (Wildman–Crippen MR) is 74.5 cm³/mol. The maximum Gasteiger partial charge on any atom is 0.416 e. The molecule has 0 aliphatic rings. The van der Waals surface area contributed by atoms with E-state index in [0.717, 1.165) is 12.1 Å². The summed E-state index contributed by atoms with van der Waals surface area (Å²) < 4.78 is 39.9. The molecule has 4 nitrogen and oxygen atoms in total. The van der Waals surface area contributed by atoms with Crippen LogP contribution in [0.2, 0.25) is 5.02 Å². The molecule has 0 bridgehead atoms. The summed E-state index contributed by atoms with van der Waals surface area (Å²) in [6, 6.07) is 3.22. The Balaban J connectivity index is 2.66. The molecule has 0 saturated heterocycles. The Bertz CT molecular complexity index is 671. The molecular formula is C13H14ClF3N4. The summed E-state index contributed by atoms with van der Waals surface area (Å²) in [5, 5.41) is 7.55. The fourth-order valence-corrected chi connectivity index (χ4v) is 2.27. The van der Waals surface area contributed by atoms with Gasteiger partial charge in [-0.25, -0.2) is 4.68 Å². The number of nitrogen functional groups attached to an aromatic ring is 1. The molecule has 8 heteroatoms. The molecule has 0 saturated carbocycles. The minimum Gasteiger partial charge on any atom is -0.381 e. The van der Waals surface area contributed by atoms with Gasteiger partial charge in [-0.05, 0) is 18.2 Å². The molecule has 2 rings (SSSR count). The van der Waals surface area contributed by atoms with Crippen LogP contribution in [0.4, 0.5) is 19.0 Å². The summed E-state index contributed by atoms with van der Waals surface area (Å²) in [5.74, 6) is 0.177. The molecule has 0 atom stereocenters. The van der Waals surface area contributed by atoms with E-state index >= 15 is 0 Å². The van der Waals surface area contributed by atoms with E-state index in [1.54, 1.807) is 0 Å². The Morgan fingerprint density at radius 1 is 1.14 bits per heavy atom. The van der Waals surface area contributed by atoms with Crippen molar-refractivity contribution >= 4 is 17.4 Å². The largest absolute Gasteiger partial charge is 0.416 e. The van der Waals surface area contributed by atoms with Crippen LogP contribution in [0.25, 0.3) is 5.69 Å². The van der Waals surface area contributed by atoms with Gasteiger partial charge in [0.05, 0.1) is 16.9 Å². The van der Waals surface area contributed by atoms with E-state index in [1.807, 2.05) is 20.8 Å². The first-order valence-electron chi connectivity index (χ1n) is 6.10. The van der Waals surface area contributed by atoms with Crippen LogP contribution < -0.4 is 5.73 Å². The molecule has 0 fully saturated rings. The van der Waals surface area contributed by atoms with Crippen molar-refractivity contribution in [2.45, 2.75) is 32.4 Å². The average molecular weight is 319 g/mol. The molecule has 21 heavy (non-hydrogen) atoms. The van der Waals surface area contributed by atoms with Gasteiger partial charge in [0.2, 0.25) is 0 Å². The fourth-order valence-electron chi connectivity index (χ4n) is 2.04. The zero-order valence-electron chi connectivity index (χ0n) is 11.7. The van der Waals surface area contributed by atoms with E-state index in [4.69, 9.17) is 17.3 Å². The highest BCUT2D eigenvalue weighted by Gasteiger charge is 2.32. The Kier molecular flexibility index (Phi) is 3.65. The van der Waals surface area contributed by atoms with Gasteiger partial charge in [0.1, 0.15) is 0 Å².